The van der Waals surface area contributed by atoms with Gasteiger partial charge in [-0.05, 0) is 19.9 Å². The van der Waals surface area contributed by atoms with Crippen LogP contribution in [-0.2, 0) is 9.59 Å². The Morgan fingerprint density at radius 3 is 2.24 bits per heavy atom. The molecule has 1 fully saturated rings. The number of likely N-dealkylation sites (N-methyl/N-ethyl adjacent to an activating group) is 2. The maximum Gasteiger partial charge on any atom is 0.242 e. The van der Waals surface area contributed by atoms with Gasteiger partial charge in [0.25, 0.3) is 0 Å². The van der Waals surface area contributed by atoms with Gasteiger partial charge in [0.05, 0.1) is 13.1 Å². The molecule has 17 heavy (non-hydrogen) atoms. The van der Waals surface area contributed by atoms with Crippen molar-refractivity contribution in [2.24, 2.45) is 0 Å². The van der Waals surface area contributed by atoms with Crippen LogP contribution in [0.5, 0.6) is 0 Å². The first-order valence-corrected chi connectivity index (χ1v) is 6.41. The number of rotatable bonds is 6. The van der Waals surface area contributed by atoms with Crippen LogP contribution in [0.2, 0.25) is 0 Å². The Morgan fingerprint density at radius 1 is 1.12 bits per heavy atom. The molecule has 0 radical (unpaired) electrons. The summed E-state index contributed by atoms with van der Waals surface area (Å²) in [4.78, 5) is 26.9. The Balaban J connectivity index is 2.54. The minimum absolute atomic E-state index is 0.0541. The summed E-state index contributed by atoms with van der Waals surface area (Å²) in [5.74, 6) is 0.112. The molecule has 0 saturated carbocycles. The fourth-order valence-electron chi connectivity index (χ4n) is 2.05. The lowest BCUT2D eigenvalue weighted by atomic mass is 10.2. The lowest BCUT2D eigenvalue weighted by molar-refractivity contribution is -0.150. The van der Waals surface area contributed by atoms with Crippen LogP contribution in [0.4, 0.5) is 0 Å². The summed E-state index contributed by atoms with van der Waals surface area (Å²) >= 11 is 0. The molecule has 1 aliphatic heterocycles. The second-order valence-corrected chi connectivity index (χ2v) is 4.35. The standard InChI is InChI=1S/C12H23N3O2/c1-4-10(13-5-2)7-15-9-11(16)14(6-3)8-12(15)17/h10,13H,4-9H2,1-3H3. The minimum atomic E-state index is 0.0541. The van der Waals surface area contributed by atoms with Crippen molar-refractivity contribution in [1.82, 2.24) is 15.1 Å². The molecule has 1 heterocycles. The van der Waals surface area contributed by atoms with Gasteiger partial charge >= 0.3 is 0 Å². The molecule has 2 amide bonds. The van der Waals surface area contributed by atoms with Crippen molar-refractivity contribution in [3.63, 3.8) is 0 Å². The van der Waals surface area contributed by atoms with Gasteiger partial charge in [0.15, 0.2) is 0 Å². The highest BCUT2D eigenvalue weighted by molar-refractivity contribution is 5.92. The Hall–Kier alpha value is -1.10. The second-order valence-electron chi connectivity index (χ2n) is 4.35. The Bertz CT molecular complexity index is 281. The van der Waals surface area contributed by atoms with E-state index in [0.717, 1.165) is 13.0 Å². The molecule has 0 bridgehead atoms. The molecule has 1 rings (SSSR count). The SMILES string of the molecule is CCNC(CC)CN1CC(=O)N(CC)CC1=O. The molecule has 1 N–H and O–H groups in total. The third kappa shape index (κ3) is 3.70. The molecule has 1 unspecified atom stereocenters. The summed E-state index contributed by atoms with van der Waals surface area (Å²) in [5.41, 5.74) is 0. The molecule has 0 spiro atoms. The highest BCUT2D eigenvalue weighted by Crippen LogP contribution is 2.06. The summed E-state index contributed by atoms with van der Waals surface area (Å²) < 4.78 is 0. The third-order valence-corrected chi connectivity index (χ3v) is 3.17. The molecule has 98 valence electrons. The third-order valence-electron chi connectivity index (χ3n) is 3.17. The first-order chi connectivity index (χ1) is 8.12. The normalized spacial score (nSPS) is 18.8. The monoisotopic (exact) mass is 241 g/mol. The van der Waals surface area contributed by atoms with Gasteiger partial charge < -0.3 is 15.1 Å². The van der Waals surface area contributed by atoms with Crippen molar-refractivity contribution in [2.75, 3.05) is 32.7 Å². The number of nitrogens with zero attached hydrogens (tertiary/aromatic N) is 2. The lowest BCUT2D eigenvalue weighted by Crippen LogP contribution is -2.56. The van der Waals surface area contributed by atoms with Crippen molar-refractivity contribution in [2.45, 2.75) is 33.2 Å². The number of amides is 2. The van der Waals surface area contributed by atoms with Crippen molar-refractivity contribution < 1.29 is 9.59 Å². The van der Waals surface area contributed by atoms with Crippen LogP contribution in [0, 0.1) is 0 Å². The van der Waals surface area contributed by atoms with Gasteiger partial charge in [0.1, 0.15) is 0 Å². The van der Waals surface area contributed by atoms with Gasteiger partial charge in [-0.3, -0.25) is 9.59 Å². The van der Waals surface area contributed by atoms with Crippen molar-refractivity contribution in [3.05, 3.63) is 0 Å². The molecule has 5 nitrogen and oxygen atoms in total. The quantitative estimate of drug-likeness (QED) is 0.716. The highest BCUT2D eigenvalue weighted by atomic mass is 16.2. The Kier molecular flexibility index (Phi) is 5.41. The largest absolute Gasteiger partial charge is 0.332 e. The zero-order chi connectivity index (χ0) is 12.8. The minimum Gasteiger partial charge on any atom is -0.332 e. The van der Waals surface area contributed by atoms with E-state index in [4.69, 9.17) is 0 Å². The Labute approximate surface area is 103 Å². The summed E-state index contributed by atoms with van der Waals surface area (Å²) in [7, 11) is 0. The summed E-state index contributed by atoms with van der Waals surface area (Å²) in [5, 5.41) is 3.32. The van der Waals surface area contributed by atoms with Gasteiger partial charge in [-0.25, -0.2) is 0 Å². The second kappa shape index (κ2) is 6.59. The molecule has 1 saturated heterocycles. The predicted molar refractivity (Wildman–Crippen MR) is 66.6 cm³/mol. The molecule has 0 aromatic heterocycles. The van der Waals surface area contributed by atoms with E-state index in [-0.39, 0.29) is 30.9 Å². The molecule has 1 aliphatic rings. The highest BCUT2D eigenvalue weighted by Gasteiger charge is 2.29. The first kappa shape index (κ1) is 14.0. The smallest absolute Gasteiger partial charge is 0.242 e. The summed E-state index contributed by atoms with van der Waals surface area (Å²) in [6.45, 7) is 8.62. The molecule has 1 atom stereocenters. The van der Waals surface area contributed by atoms with Crippen LogP contribution >= 0.6 is 0 Å². The van der Waals surface area contributed by atoms with E-state index < -0.39 is 0 Å². The van der Waals surface area contributed by atoms with Gasteiger partial charge in [-0.15, -0.1) is 0 Å². The van der Waals surface area contributed by atoms with E-state index in [1.807, 2.05) is 13.8 Å². The number of nitrogens with one attached hydrogen (secondary N) is 1. The number of hydrogen-bond acceptors (Lipinski definition) is 3. The molecule has 0 aliphatic carbocycles. The number of hydrogen-bond donors (Lipinski definition) is 1. The zero-order valence-electron chi connectivity index (χ0n) is 11.0. The van der Waals surface area contributed by atoms with E-state index in [1.54, 1.807) is 9.80 Å². The number of carbonyl (C=O) groups is 2. The fourth-order valence-corrected chi connectivity index (χ4v) is 2.05. The molecule has 5 heteroatoms. The van der Waals surface area contributed by atoms with Crippen molar-refractivity contribution in [3.8, 4) is 0 Å². The van der Waals surface area contributed by atoms with Crippen LogP contribution in [0.15, 0.2) is 0 Å². The van der Waals surface area contributed by atoms with Gasteiger partial charge in [0.2, 0.25) is 11.8 Å². The predicted octanol–water partition coefficient (Wildman–Crippen LogP) is 0.0652. The first-order valence-electron chi connectivity index (χ1n) is 6.41. The van der Waals surface area contributed by atoms with Crippen LogP contribution in [0.1, 0.15) is 27.2 Å². The topological polar surface area (TPSA) is 52.7 Å². The Morgan fingerprint density at radius 2 is 1.71 bits per heavy atom. The maximum absolute atomic E-state index is 11.9. The van der Waals surface area contributed by atoms with Crippen LogP contribution in [0.3, 0.4) is 0 Å². The fraction of sp³-hybridized carbons (Fsp3) is 0.833. The van der Waals surface area contributed by atoms with Crippen LogP contribution in [-0.4, -0.2) is 60.4 Å². The maximum atomic E-state index is 11.9. The summed E-state index contributed by atoms with van der Waals surface area (Å²) in [6.07, 6.45) is 0.962. The average molecular weight is 241 g/mol. The van der Waals surface area contributed by atoms with Gasteiger partial charge in [0, 0.05) is 19.1 Å². The van der Waals surface area contributed by atoms with E-state index in [9.17, 15) is 9.59 Å². The van der Waals surface area contributed by atoms with Gasteiger partial charge in [-0.2, -0.15) is 0 Å². The average Bonchev–Trinajstić information content (AvgIpc) is 2.32. The van der Waals surface area contributed by atoms with Gasteiger partial charge in [-0.1, -0.05) is 13.8 Å². The number of carbonyl (C=O) groups excluding carboxylic acids is 2. The number of piperazine rings is 1. The molecule has 0 aromatic rings. The summed E-state index contributed by atoms with van der Waals surface area (Å²) in [6, 6.07) is 0.282. The van der Waals surface area contributed by atoms with E-state index >= 15 is 0 Å². The molecular formula is C12H23N3O2. The van der Waals surface area contributed by atoms with E-state index in [1.165, 1.54) is 0 Å². The molecular weight excluding hydrogens is 218 g/mol. The van der Waals surface area contributed by atoms with Crippen molar-refractivity contribution in [1.29, 1.82) is 0 Å². The zero-order valence-corrected chi connectivity index (χ0v) is 11.0. The molecule has 0 aromatic carbocycles. The van der Waals surface area contributed by atoms with E-state index in [0.29, 0.717) is 13.1 Å². The van der Waals surface area contributed by atoms with Crippen molar-refractivity contribution >= 4 is 11.8 Å². The lowest BCUT2D eigenvalue weighted by Gasteiger charge is -2.35. The van der Waals surface area contributed by atoms with E-state index in [2.05, 4.69) is 12.2 Å². The van der Waals surface area contributed by atoms with Crippen LogP contribution < -0.4 is 5.32 Å². The van der Waals surface area contributed by atoms with Crippen LogP contribution in [0.25, 0.3) is 0 Å².